The summed E-state index contributed by atoms with van der Waals surface area (Å²) in [5.74, 6) is 1.79. The Hall–Kier alpha value is -0.870. The molecule has 2 rings (SSSR count). The Kier molecular flexibility index (Phi) is 3.96. The summed E-state index contributed by atoms with van der Waals surface area (Å²) in [6.07, 6.45) is 6.03. The molecule has 1 fully saturated rings. The molecule has 0 aliphatic carbocycles. The van der Waals surface area contributed by atoms with Crippen molar-refractivity contribution in [2.24, 2.45) is 13.0 Å². The third-order valence-electron chi connectivity index (χ3n) is 3.32. The Labute approximate surface area is 97.0 Å². The Balaban J connectivity index is 1.99. The van der Waals surface area contributed by atoms with E-state index in [2.05, 4.69) is 28.8 Å². The maximum Gasteiger partial charge on any atom is 0.109 e. The molecule has 90 valence electrons. The van der Waals surface area contributed by atoms with Crippen LogP contribution in [0.1, 0.15) is 19.2 Å². The SMILES string of the molecule is CCNC(Cc1nccn1C)C1CCOC1. The largest absolute Gasteiger partial charge is 0.381 e. The van der Waals surface area contributed by atoms with E-state index in [1.54, 1.807) is 0 Å². The van der Waals surface area contributed by atoms with Gasteiger partial charge in [0, 0.05) is 44.4 Å². The maximum absolute atomic E-state index is 5.47. The smallest absolute Gasteiger partial charge is 0.109 e. The summed E-state index contributed by atoms with van der Waals surface area (Å²) in [4.78, 5) is 4.39. The lowest BCUT2D eigenvalue weighted by molar-refractivity contribution is 0.176. The molecule has 0 amide bonds. The van der Waals surface area contributed by atoms with Crippen LogP contribution in [0.4, 0.5) is 0 Å². The monoisotopic (exact) mass is 223 g/mol. The zero-order chi connectivity index (χ0) is 11.4. The van der Waals surface area contributed by atoms with Crippen molar-refractivity contribution in [3.8, 4) is 0 Å². The lowest BCUT2D eigenvalue weighted by atomic mass is 9.96. The van der Waals surface area contributed by atoms with E-state index in [-0.39, 0.29) is 0 Å². The molecule has 1 aromatic rings. The number of hydrogen-bond acceptors (Lipinski definition) is 3. The van der Waals surface area contributed by atoms with Crippen molar-refractivity contribution in [3.05, 3.63) is 18.2 Å². The third kappa shape index (κ3) is 2.62. The first-order valence-corrected chi connectivity index (χ1v) is 6.08. The summed E-state index contributed by atoms with van der Waals surface area (Å²) in [6, 6.07) is 0.494. The van der Waals surface area contributed by atoms with Gasteiger partial charge in [0.15, 0.2) is 0 Å². The number of imidazole rings is 1. The fraction of sp³-hybridized carbons (Fsp3) is 0.750. The lowest BCUT2D eigenvalue weighted by Gasteiger charge is -2.22. The number of ether oxygens (including phenoxy) is 1. The van der Waals surface area contributed by atoms with Crippen molar-refractivity contribution in [1.29, 1.82) is 0 Å². The van der Waals surface area contributed by atoms with E-state index in [4.69, 9.17) is 4.74 Å². The van der Waals surface area contributed by atoms with Crippen molar-refractivity contribution >= 4 is 0 Å². The summed E-state index contributed by atoms with van der Waals surface area (Å²) in [5.41, 5.74) is 0. The van der Waals surface area contributed by atoms with Crippen molar-refractivity contribution in [3.63, 3.8) is 0 Å². The normalized spacial score (nSPS) is 22.5. The van der Waals surface area contributed by atoms with Gasteiger partial charge in [-0.25, -0.2) is 4.98 Å². The van der Waals surface area contributed by atoms with Crippen LogP contribution in [0.15, 0.2) is 12.4 Å². The highest BCUT2D eigenvalue weighted by molar-refractivity contribution is 4.96. The average molecular weight is 223 g/mol. The molecule has 4 heteroatoms. The van der Waals surface area contributed by atoms with Crippen LogP contribution < -0.4 is 5.32 Å². The van der Waals surface area contributed by atoms with E-state index < -0.39 is 0 Å². The number of aryl methyl sites for hydroxylation is 1. The number of nitrogens with one attached hydrogen (secondary N) is 1. The zero-order valence-corrected chi connectivity index (χ0v) is 10.1. The summed E-state index contributed by atoms with van der Waals surface area (Å²) in [7, 11) is 2.05. The number of hydrogen-bond donors (Lipinski definition) is 1. The summed E-state index contributed by atoms with van der Waals surface area (Å²) in [5, 5.41) is 3.56. The molecule has 0 radical (unpaired) electrons. The molecule has 2 heterocycles. The van der Waals surface area contributed by atoms with Gasteiger partial charge in [0.05, 0.1) is 6.61 Å². The average Bonchev–Trinajstić information content (AvgIpc) is 2.90. The molecule has 0 saturated carbocycles. The van der Waals surface area contributed by atoms with E-state index >= 15 is 0 Å². The Morgan fingerprint density at radius 1 is 1.69 bits per heavy atom. The first kappa shape index (κ1) is 11.6. The molecule has 2 unspecified atom stereocenters. The highest BCUT2D eigenvalue weighted by Crippen LogP contribution is 2.19. The van der Waals surface area contributed by atoms with Gasteiger partial charge in [0.2, 0.25) is 0 Å². The molecule has 4 nitrogen and oxygen atoms in total. The second-order valence-electron chi connectivity index (χ2n) is 4.45. The Morgan fingerprint density at radius 2 is 2.56 bits per heavy atom. The molecule has 1 saturated heterocycles. The molecule has 1 aliphatic heterocycles. The van der Waals surface area contributed by atoms with E-state index in [0.717, 1.165) is 32.0 Å². The van der Waals surface area contributed by atoms with Crippen molar-refractivity contribution in [1.82, 2.24) is 14.9 Å². The Bertz CT molecular complexity index is 318. The van der Waals surface area contributed by atoms with Gasteiger partial charge in [-0.2, -0.15) is 0 Å². The molecular formula is C12H21N3O. The van der Waals surface area contributed by atoms with Gasteiger partial charge in [-0.15, -0.1) is 0 Å². The van der Waals surface area contributed by atoms with E-state index in [0.29, 0.717) is 12.0 Å². The fourth-order valence-corrected chi connectivity index (χ4v) is 2.33. The van der Waals surface area contributed by atoms with E-state index in [9.17, 15) is 0 Å². The Morgan fingerprint density at radius 3 is 3.12 bits per heavy atom. The van der Waals surface area contributed by atoms with Crippen LogP contribution in [0, 0.1) is 5.92 Å². The minimum atomic E-state index is 0.494. The first-order valence-electron chi connectivity index (χ1n) is 6.08. The van der Waals surface area contributed by atoms with Crippen molar-refractivity contribution < 1.29 is 4.74 Å². The predicted octanol–water partition coefficient (Wildman–Crippen LogP) is 0.977. The van der Waals surface area contributed by atoms with Crippen LogP contribution in [-0.2, 0) is 18.2 Å². The number of nitrogens with zero attached hydrogens (tertiary/aromatic N) is 2. The van der Waals surface area contributed by atoms with Crippen LogP contribution >= 0.6 is 0 Å². The second-order valence-corrected chi connectivity index (χ2v) is 4.45. The van der Waals surface area contributed by atoms with Crippen LogP contribution in [0.5, 0.6) is 0 Å². The van der Waals surface area contributed by atoms with Crippen molar-refractivity contribution in [2.75, 3.05) is 19.8 Å². The molecule has 1 aromatic heterocycles. The molecule has 0 aromatic carbocycles. The predicted molar refractivity (Wildman–Crippen MR) is 63.3 cm³/mol. The highest BCUT2D eigenvalue weighted by Gasteiger charge is 2.26. The molecule has 2 atom stereocenters. The van der Waals surface area contributed by atoms with Crippen LogP contribution in [0.25, 0.3) is 0 Å². The van der Waals surface area contributed by atoms with Gasteiger partial charge < -0.3 is 14.6 Å². The molecule has 16 heavy (non-hydrogen) atoms. The first-order chi connectivity index (χ1) is 7.81. The van der Waals surface area contributed by atoms with Crippen LogP contribution in [0.3, 0.4) is 0 Å². The van der Waals surface area contributed by atoms with Gasteiger partial charge >= 0.3 is 0 Å². The van der Waals surface area contributed by atoms with E-state index in [1.807, 2.05) is 12.4 Å². The summed E-state index contributed by atoms with van der Waals surface area (Å²) < 4.78 is 7.56. The number of aromatic nitrogens is 2. The van der Waals surface area contributed by atoms with Crippen LogP contribution in [-0.4, -0.2) is 35.4 Å². The topological polar surface area (TPSA) is 39.1 Å². The standard InChI is InChI=1S/C12H21N3O/c1-3-13-11(10-4-7-16-9-10)8-12-14-5-6-15(12)2/h5-6,10-11,13H,3-4,7-9H2,1-2H3. The van der Waals surface area contributed by atoms with Gasteiger partial charge in [-0.1, -0.05) is 6.92 Å². The van der Waals surface area contributed by atoms with Gasteiger partial charge in [-0.3, -0.25) is 0 Å². The summed E-state index contributed by atoms with van der Waals surface area (Å²) in [6.45, 7) is 4.96. The quantitative estimate of drug-likeness (QED) is 0.808. The fourth-order valence-electron chi connectivity index (χ4n) is 2.33. The van der Waals surface area contributed by atoms with Gasteiger partial charge in [0.1, 0.15) is 5.82 Å². The maximum atomic E-state index is 5.47. The molecule has 0 bridgehead atoms. The molecular weight excluding hydrogens is 202 g/mol. The molecule has 1 aliphatic rings. The van der Waals surface area contributed by atoms with Crippen LogP contribution in [0.2, 0.25) is 0 Å². The van der Waals surface area contributed by atoms with Crippen molar-refractivity contribution in [2.45, 2.75) is 25.8 Å². The highest BCUT2D eigenvalue weighted by atomic mass is 16.5. The number of likely N-dealkylation sites (N-methyl/N-ethyl adjacent to an activating group) is 1. The summed E-state index contributed by atoms with van der Waals surface area (Å²) >= 11 is 0. The second kappa shape index (κ2) is 5.46. The minimum absolute atomic E-state index is 0.494. The molecule has 0 spiro atoms. The molecule has 1 N–H and O–H groups in total. The zero-order valence-electron chi connectivity index (χ0n) is 10.1. The van der Waals surface area contributed by atoms with E-state index in [1.165, 1.54) is 6.42 Å². The third-order valence-corrected chi connectivity index (χ3v) is 3.32. The lowest BCUT2D eigenvalue weighted by Crippen LogP contribution is -2.39. The number of rotatable bonds is 5. The van der Waals surface area contributed by atoms with Gasteiger partial charge in [0.25, 0.3) is 0 Å². The minimum Gasteiger partial charge on any atom is -0.381 e. The van der Waals surface area contributed by atoms with Gasteiger partial charge in [-0.05, 0) is 13.0 Å².